The van der Waals surface area contributed by atoms with E-state index in [2.05, 4.69) is 31.6 Å². The van der Waals surface area contributed by atoms with Crippen molar-refractivity contribution in [2.75, 3.05) is 25.0 Å². The van der Waals surface area contributed by atoms with Crippen LogP contribution in [0.4, 0.5) is 5.82 Å². The molecule has 164 valence electrons. The molecule has 1 atom stereocenters. The lowest BCUT2D eigenvalue weighted by Crippen LogP contribution is -2.60. The highest BCUT2D eigenvalue weighted by molar-refractivity contribution is 5.90. The molecule has 7 nitrogen and oxygen atoms in total. The number of fused-ring (bicyclic) bond motifs is 1. The molecular weight excluding hydrogens is 388 g/mol. The summed E-state index contributed by atoms with van der Waals surface area (Å²) in [5.41, 5.74) is 1.13. The van der Waals surface area contributed by atoms with Crippen molar-refractivity contribution in [2.24, 2.45) is 5.41 Å². The van der Waals surface area contributed by atoms with Crippen LogP contribution < -0.4 is 10.6 Å². The van der Waals surface area contributed by atoms with Gasteiger partial charge in [-0.2, -0.15) is 5.26 Å². The molecule has 2 aliphatic rings. The summed E-state index contributed by atoms with van der Waals surface area (Å²) in [6, 6.07) is 8.45. The Morgan fingerprint density at radius 2 is 2.00 bits per heavy atom. The maximum atomic E-state index is 13.0. The zero-order valence-electron chi connectivity index (χ0n) is 18.7. The summed E-state index contributed by atoms with van der Waals surface area (Å²) in [5.74, 6) is 1.13. The molecule has 4 rings (SSSR count). The Morgan fingerprint density at radius 3 is 2.71 bits per heavy atom. The summed E-state index contributed by atoms with van der Waals surface area (Å²) in [6.07, 6.45) is 5.78. The number of nitriles is 1. The van der Waals surface area contributed by atoms with Gasteiger partial charge >= 0.3 is 0 Å². The van der Waals surface area contributed by atoms with Crippen LogP contribution in [0.25, 0.3) is 10.9 Å². The zero-order valence-corrected chi connectivity index (χ0v) is 18.7. The molecule has 7 heteroatoms. The second-order valence-corrected chi connectivity index (χ2v) is 9.79. The van der Waals surface area contributed by atoms with E-state index >= 15 is 0 Å². The van der Waals surface area contributed by atoms with Gasteiger partial charge in [0.2, 0.25) is 0 Å². The first-order valence-electron chi connectivity index (χ1n) is 11.3. The van der Waals surface area contributed by atoms with Crippen molar-refractivity contribution < 1.29 is 4.79 Å². The molecule has 2 heterocycles. The van der Waals surface area contributed by atoms with Gasteiger partial charge in [-0.3, -0.25) is 9.69 Å². The number of aromatic nitrogens is 2. The van der Waals surface area contributed by atoms with Crippen LogP contribution in [0.2, 0.25) is 0 Å². The number of ketones is 1. The first-order chi connectivity index (χ1) is 14.9. The van der Waals surface area contributed by atoms with Gasteiger partial charge in [-0.15, -0.1) is 0 Å². The largest absolute Gasteiger partial charge is 0.367 e. The van der Waals surface area contributed by atoms with Crippen molar-refractivity contribution >= 4 is 22.5 Å². The maximum absolute atomic E-state index is 13.0. The smallest absolute Gasteiger partial charge is 0.156 e. The van der Waals surface area contributed by atoms with E-state index in [9.17, 15) is 10.1 Å². The number of rotatable bonds is 4. The van der Waals surface area contributed by atoms with Gasteiger partial charge in [0.05, 0.1) is 23.2 Å². The Balaban J connectivity index is 1.43. The van der Waals surface area contributed by atoms with Crippen molar-refractivity contribution in [3.63, 3.8) is 0 Å². The molecule has 31 heavy (non-hydrogen) atoms. The number of anilines is 1. The van der Waals surface area contributed by atoms with Crippen LogP contribution in [0.5, 0.6) is 0 Å². The normalized spacial score (nSPS) is 25.2. The lowest BCUT2D eigenvalue weighted by Gasteiger charge is -2.45. The summed E-state index contributed by atoms with van der Waals surface area (Å²) < 4.78 is 0. The number of hydrogen-bond acceptors (Lipinski definition) is 7. The third-order valence-corrected chi connectivity index (χ3v) is 6.60. The highest BCUT2D eigenvalue weighted by Crippen LogP contribution is 2.30. The molecule has 2 fully saturated rings. The number of nitrogens with one attached hydrogen (secondary N) is 2. The van der Waals surface area contributed by atoms with Crippen molar-refractivity contribution in [2.45, 2.75) is 64.6 Å². The Labute approximate surface area is 184 Å². The summed E-state index contributed by atoms with van der Waals surface area (Å²) in [5, 5.41) is 17.1. The molecule has 0 spiro atoms. The molecule has 0 amide bonds. The summed E-state index contributed by atoms with van der Waals surface area (Å²) in [4.78, 5) is 24.3. The van der Waals surface area contributed by atoms with Gasteiger partial charge in [-0.25, -0.2) is 9.97 Å². The molecule has 1 unspecified atom stereocenters. The maximum Gasteiger partial charge on any atom is 0.156 e. The van der Waals surface area contributed by atoms with Gasteiger partial charge in [-0.1, -0.05) is 20.8 Å². The molecule has 1 aromatic carbocycles. The van der Waals surface area contributed by atoms with Crippen LogP contribution >= 0.6 is 0 Å². The molecule has 0 bridgehead atoms. The number of carbonyl (C=O) groups is 1. The third-order valence-electron chi connectivity index (χ3n) is 6.60. The van der Waals surface area contributed by atoms with E-state index in [0.717, 1.165) is 62.0 Å². The Bertz CT molecular complexity index is 984. The Hall–Kier alpha value is -2.56. The number of piperazine rings is 1. The van der Waals surface area contributed by atoms with Crippen LogP contribution in [0.15, 0.2) is 24.5 Å². The molecule has 1 aliphatic heterocycles. The van der Waals surface area contributed by atoms with Crippen molar-refractivity contribution in [3.05, 3.63) is 30.1 Å². The van der Waals surface area contributed by atoms with Gasteiger partial charge in [-0.05, 0) is 43.9 Å². The second-order valence-electron chi connectivity index (χ2n) is 9.79. The molecule has 1 aromatic heterocycles. The topological polar surface area (TPSA) is 93.9 Å². The summed E-state index contributed by atoms with van der Waals surface area (Å²) >= 11 is 0. The minimum atomic E-state index is -0.322. The third kappa shape index (κ3) is 4.70. The predicted octanol–water partition coefficient (Wildman–Crippen LogP) is 3.11. The number of benzene rings is 1. The number of carbonyl (C=O) groups excluding carboxylic acids is 1. The van der Waals surface area contributed by atoms with E-state index in [4.69, 9.17) is 0 Å². The standard InChI is InChI=1S/C24H32N6O/c1-24(2,3)22(31)21-14-26-10-11-30(21)18-7-5-17(6-8-18)29-23-19-12-16(13-25)4-9-20(19)27-15-28-23/h4,9,12,15,17-18,21,26H,5-8,10-11,14H2,1-3H3,(H,27,28,29)/t17-,18-,21?. The van der Waals surface area contributed by atoms with E-state index in [0.29, 0.717) is 23.4 Å². The van der Waals surface area contributed by atoms with Crippen molar-refractivity contribution in [1.29, 1.82) is 5.26 Å². The van der Waals surface area contributed by atoms with E-state index < -0.39 is 0 Å². The molecular formula is C24H32N6O. The molecule has 1 saturated carbocycles. The quantitative estimate of drug-likeness (QED) is 0.785. The highest BCUT2D eigenvalue weighted by atomic mass is 16.1. The van der Waals surface area contributed by atoms with E-state index in [1.165, 1.54) is 0 Å². The van der Waals surface area contributed by atoms with Gasteiger partial charge in [0, 0.05) is 42.5 Å². The van der Waals surface area contributed by atoms with E-state index in [1.54, 1.807) is 12.4 Å². The Kier molecular flexibility index (Phi) is 6.22. The molecule has 0 radical (unpaired) electrons. The fraction of sp³-hybridized carbons (Fsp3) is 0.583. The molecule has 1 saturated heterocycles. The monoisotopic (exact) mass is 420 g/mol. The van der Waals surface area contributed by atoms with Crippen molar-refractivity contribution in [1.82, 2.24) is 20.2 Å². The van der Waals surface area contributed by atoms with Crippen LogP contribution in [0.1, 0.15) is 52.0 Å². The summed E-state index contributed by atoms with van der Waals surface area (Å²) in [6.45, 7) is 8.69. The molecule has 1 aliphatic carbocycles. The highest BCUT2D eigenvalue weighted by Gasteiger charge is 2.39. The van der Waals surface area contributed by atoms with Crippen LogP contribution in [0, 0.1) is 16.7 Å². The zero-order chi connectivity index (χ0) is 22.0. The van der Waals surface area contributed by atoms with Crippen LogP contribution in [-0.4, -0.2) is 58.4 Å². The minimum absolute atomic E-state index is 0.0292. The molecule has 2 N–H and O–H groups in total. The minimum Gasteiger partial charge on any atom is -0.367 e. The first-order valence-corrected chi connectivity index (χ1v) is 11.3. The van der Waals surface area contributed by atoms with E-state index in [-0.39, 0.29) is 11.5 Å². The predicted molar refractivity (Wildman–Crippen MR) is 122 cm³/mol. The average molecular weight is 421 g/mol. The second kappa shape index (κ2) is 8.89. The summed E-state index contributed by atoms with van der Waals surface area (Å²) in [7, 11) is 0. The first kappa shape index (κ1) is 21.7. The van der Waals surface area contributed by atoms with Gasteiger partial charge in [0.15, 0.2) is 5.78 Å². The lowest BCUT2D eigenvalue weighted by atomic mass is 9.83. The SMILES string of the molecule is CC(C)(C)C(=O)C1CNCCN1[C@H]1CC[C@H](Nc2ncnc3ccc(C#N)cc23)CC1. The lowest BCUT2D eigenvalue weighted by molar-refractivity contribution is -0.134. The van der Waals surface area contributed by atoms with Gasteiger partial charge in [0.25, 0.3) is 0 Å². The number of hydrogen-bond donors (Lipinski definition) is 2. The van der Waals surface area contributed by atoms with Gasteiger partial charge in [0.1, 0.15) is 12.1 Å². The fourth-order valence-corrected chi connectivity index (χ4v) is 4.89. The van der Waals surface area contributed by atoms with E-state index in [1.807, 2.05) is 32.9 Å². The number of nitrogens with zero attached hydrogens (tertiary/aromatic N) is 4. The van der Waals surface area contributed by atoms with Crippen molar-refractivity contribution in [3.8, 4) is 6.07 Å². The average Bonchev–Trinajstić information content (AvgIpc) is 2.78. The number of Topliss-reactive ketones (excluding diaryl/α,β-unsaturated/α-hetero) is 1. The molecule has 2 aromatic rings. The van der Waals surface area contributed by atoms with Gasteiger partial charge < -0.3 is 10.6 Å². The Morgan fingerprint density at radius 1 is 1.23 bits per heavy atom. The van der Waals surface area contributed by atoms with Crippen LogP contribution in [-0.2, 0) is 4.79 Å². The van der Waals surface area contributed by atoms with Crippen LogP contribution in [0.3, 0.4) is 0 Å². The fourth-order valence-electron chi connectivity index (χ4n) is 4.89.